The van der Waals surface area contributed by atoms with Crippen molar-refractivity contribution in [1.29, 1.82) is 0 Å². The molecule has 0 radical (unpaired) electrons. The number of nitrogens with zero attached hydrogens (tertiary/aromatic N) is 1. The molecule has 16 heavy (non-hydrogen) atoms. The van der Waals surface area contributed by atoms with Crippen molar-refractivity contribution in [2.24, 2.45) is 5.73 Å². The lowest BCUT2D eigenvalue weighted by Gasteiger charge is -2.23. The van der Waals surface area contributed by atoms with Crippen molar-refractivity contribution in [2.75, 3.05) is 33.6 Å². The van der Waals surface area contributed by atoms with Crippen LogP contribution in [0, 0.1) is 0 Å². The third-order valence-electron chi connectivity index (χ3n) is 2.26. The van der Waals surface area contributed by atoms with Crippen LogP contribution in [0.4, 0.5) is 0 Å². The first-order valence-electron chi connectivity index (χ1n) is 4.88. The number of methoxy groups -OCH3 is 1. The number of nitrogens with two attached hydrogens (primary N) is 1. The SMILES string of the molecule is COCC(N)CN(C)C(=O)C(C)S(C)(=O)=O. The highest BCUT2D eigenvalue weighted by Gasteiger charge is 2.27. The van der Waals surface area contributed by atoms with Gasteiger partial charge in [-0.1, -0.05) is 0 Å². The van der Waals surface area contributed by atoms with E-state index in [0.717, 1.165) is 6.26 Å². The molecule has 0 spiro atoms. The molecule has 1 amide bonds. The maximum atomic E-state index is 11.7. The molecule has 7 heteroatoms. The quantitative estimate of drug-likeness (QED) is 0.645. The molecule has 96 valence electrons. The maximum Gasteiger partial charge on any atom is 0.240 e. The van der Waals surface area contributed by atoms with Gasteiger partial charge in [0.15, 0.2) is 9.84 Å². The van der Waals surface area contributed by atoms with E-state index in [0.29, 0.717) is 6.61 Å². The number of amides is 1. The Labute approximate surface area is 96.7 Å². The molecular weight excluding hydrogens is 232 g/mol. The molecule has 2 atom stereocenters. The van der Waals surface area contributed by atoms with E-state index in [-0.39, 0.29) is 12.6 Å². The minimum atomic E-state index is -3.36. The molecule has 0 aliphatic rings. The van der Waals surface area contributed by atoms with Gasteiger partial charge in [0, 0.05) is 33.0 Å². The normalized spacial score (nSPS) is 15.6. The summed E-state index contributed by atoms with van der Waals surface area (Å²) >= 11 is 0. The van der Waals surface area contributed by atoms with Gasteiger partial charge in [0.2, 0.25) is 5.91 Å². The molecule has 0 aliphatic carbocycles. The van der Waals surface area contributed by atoms with E-state index in [4.69, 9.17) is 10.5 Å². The first-order valence-corrected chi connectivity index (χ1v) is 6.84. The summed E-state index contributed by atoms with van der Waals surface area (Å²) in [5, 5.41) is -1.03. The van der Waals surface area contributed by atoms with E-state index in [2.05, 4.69) is 0 Å². The van der Waals surface area contributed by atoms with Crippen molar-refractivity contribution in [3.63, 3.8) is 0 Å². The number of rotatable bonds is 6. The van der Waals surface area contributed by atoms with Crippen molar-refractivity contribution in [3.05, 3.63) is 0 Å². The van der Waals surface area contributed by atoms with Gasteiger partial charge >= 0.3 is 0 Å². The topological polar surface area (TPSA) is 89.7 Å². The van der Waals surface area contributed by atoms with Crippen LogP contribution in [0.15, 0.2) is 0 Å². The molecule has 0 saturated carbocycles. The van der Waals surface area contributed by atoms with Gasteiger partial charge in [0.05, 0.1) is 6.61 Å². The summed E-state index contributed by atoms with van der Waals surface area (Å²) in [5.41, 5.74) is 5.66. The van der Waals surface area contributed by atoms with Gasteiger partial charge in [-0.3, -0.25) is 4.79 Å². The Morgan fingerprint density at radius 3 is 2.38 bits per heavy atom. The summed E-state index contributed by atoms with van der Waals surface area (Å²) in [7, 11) is -0.316. The molecule has 6 nitrogen and oxygen atoms in total. The molecular formula is C9H20N2O4S. The number of hydrogen-bond acceptors (Lipinski definition) is 5. The lowest BCUT2D eigenvalue weighted by atomic mass is 10.3. The number of hydrogen-bond donors (Lipinski definition) is 1. The van der Waals surface area contributed by atoms with Crippen LogP contribution in [0.1, 0.15) is 6.92 Å². The van der Waals surface area contributed by atoms with E-state index in [1.54, 1.807) is 0 Å². The van der Waals surface area contributed by atoms with Crippen LogP contribution in [0.5, 0.6) is 0 Å². The Kier molecular flexibility index (Phi) is 5.91. The van der Waals surface area contributed by atoms with Crippen molar-refractivity contribution in [3.8, 4) is 0 Å². The number of sulfone groups is 1. The third kappa shape index (κ3) is 4.91. The average molecular weight is 252 g/mol. The zero-order chi connectivity index (χ0) is 12.9. The fourth-order valence-corrected chi connectivity index (χ4v) is 1.75. The van der Waals surface area contributed by atoms with Crippen LogP contribution < -0.4 is 5.73 Å². The zero-order valence-electron chi connectivity index (χ0n) is 10.1. The highest BCUT2D eigenvalue weighted by Crippen LogP contribution is 2.03. The highest BCUT2D eigenvalue weighted by atomic mass is 32.2. The Balaban J connectivity index is 4.40. The fraction of sp³-hybridized carbons (Fsp3) is 0.889. The van der Waals surface area contributed by atoms with E-state index < -0.39 is 21.0 Å². The van der Waals surface area contributed by atoms with Gasteiger partial charge in [-0.15, -0.1) is 0 Å². The highest BCUT2D eigenvalue weighted by molar-refractivity contribution is 7.92. The number of carbonyl (C=O) groups excluding carboxylic acids is 1. The van der Waals surface area contributed by atoms with Crippen LogP contribution >= 0.6 is 0 Å². The number of carbonyl (C=O) groups is 1. The van der Waals surface area contributed by atoms with Crippen LogP contribution in [0.3, 0.4) is 0 Å². The standard InChI is InChI=1S/C9H20N2O4S/c1-7(16(4,13)14)9(12)11(2)5-8(10)6-15-3/h7-8H,5-6,10H2,1-4H3. The second kappa shape index (κ2) is 6.17. The van der Waals surface area contributed by atoms with Gasteiger partial charge in [-0.05, 0) is 6.92 Å². The van der Waals surface area contributed by atoms with Crippen LogP contribution in [0.25, 0.3) is 0 Å². The summed E-state index contributed by atoms with van der Waals surface area (Å²) in [6.45, 7) is 1.97. The lowest BCUT2D eigenvalue weighted by molar-refractivity contribution is -0.129. The summed E-state index contributed by atoms with van der Waals surface area (Å²) in [6, 6.07) is -0.314. The molecule has 0 fully saturated rings. The maximum absolute atomic E-state index is 11.7. The van der Waals surface area contributed by atoms with Crippen molar-refractivity contribution < 1.29 is 17.9 Å². The summed E-state index contributed by atoms with van der Waals surface area (Å²) in [4.78, 5) is 13.0. The summed E-state index contributed by atoms with van der Waals surface area (Å²) in [6.07, 6.45) is 1.04. The van der Waals surface area contributed by atoms with Crippen LogP contribution in [0.2, 0.25) is 0 Å². The molecule has 0 heterocycles. The van der Waals surface area contributed by atoms with Gasteiger partial charge in [0.25, 0.3) is 0 Å². The Morgan fingerprint density at radius 1 is 1.50 bits per heavy atom. The van der Waals surface area contributed by atoms with Gasteiger partial charge in [-0.2, -0.15) is 0 Å². The largest absolute Gasteiger partial charge is 0.383 e. The molecule has 0 aromatic rings. The fourth-order valence-electron chi connectivity index (χ4n) is 1.20. The van der Waals surface area contributed by atoms with Gasteiger partial charge in [0.1, 0.15) is 5.25 Å². The average Bonchev–Trinajstić information content (AvgIpc) is 2.14. The second-order valence-corrected chi connectivity index (χ2v) is 6.27. The number of likely N-dealkylation sites (N-methyl/N-ethyl adjacent to an activating group) is 1. The third-order valence-corrected chi connectivity index (χ3v) is 3.74. The van der Waals surface area contributed by atoms with E-state index in [1.807, 2.05) is 0 Å². The first-order chi connectivity index (χ1) is 7.20. The van der Waals surface area contributed by atoms with Crippen LogP contribution in [-0.2, 0) is 19.4 Å². The predicted molar refractivity (Wildman–Crippen MR) is 61.8 cm³/mol. The van der Waals surface area contributed by atoms with Crippen molar-refractivity contribution in [2.45, 2.75) is 18.2 Å². The Morgan fingerprint density at radius 2 is 2.00 bits per heavy atom. The van der Waals surface area contributed by atoms with E-state index in [9.17, 15) is 13.2 Å². The van der Waals surface area contributed by atoms with E-state index in [1.165, 1.54) is 26.0 Å². The first kappa shape index (κ1) is 15.3. The second-order valence-electron chi connectivity index (χ2n) is 3.91. The zero-order valence-corrected chi connectivity index (χ0v) is 11.0. The summed E-state index contributed by atoms with van der Waals surface area (Å²) in [5.74, 6) is -0.450. The minimum absolute atomic E-state index is 0.270. The smallest absolute Gasteiger partial charge is 0.240 e. The Hall–Kier alpha value is -0.660. The molecule has 0 bridgehead atoms. The minimum Gasteiger partial charge on any atom is -0.383 e. The molecule has 0 aromatic carbocycles. The van der Waals surface area contributed by atoms with E-state index >= 15 is 0 Å². The molecule has 0 saturated heterocycles. The molecule has 0 aromatic heterocycles. The monoisotopic (exact) mass is 252 g/mol. The van der Waals surface area contributed by atoms with Gasteiger partial charge in [-0.25, -0.2) is 8.42 Å². The van der Waals surface area contributed by atoms with Crippen molar-refractivity contribution >= 4 is 15.7 Å². The molecule has 2 N–H and O–H groups in total. The van der Waals surface area contributed by atoms with Gasteiger partial charge < -0.3 is 15.4 Å². The molecule has 2 unspecified atom stereocenters. The number of ether oxygens (including phenoxy) is 1. The summed E-state index contributed by atoms with van der Waals surface area (Å²) < 4.78 is 27.2. The van der Waals surface area contributed by atoms with Crippen molar-refractivity contribution in [1.82, 2.24) is 4.90 Å². The molecule has 0 rings (SSSR count). The predicted octanol–water partition coefficient (Wildman–Crippen LogP) is -1.15. The molecule has 0 aliphatic heterocycles. The Bertz CT molecular complexity index is 328. The van der Waals surface area contributed by atoms with Crippen LogP contribution in [-0.4, -0.2) is 64.1 Å². The lowest BCUT2D eigenvalue weighted by Crippen LogP contribution is -2.45.